The summed E-state index contributed by atoms with van der Waals surface area (Å²) in [4.78, 5) is 11.4. The SMILES string of the molecule is CC(=O)OC1(Cc2coc([Si](C)(C)C)c2)CCCCC1. The molecule has 1 heterocycles. The van der Waals surface area contributed by atoms with Crippen LogP contribution < -0.4 is 5.38 Å². The largest absolute Gasteiger partial charge is 0.474 e. The molecule has 0 aliphatic heterocycles. The molecule has 1 aromatic rings. The van der Waals surface area contributed by atoms with Gasteiger partial charge in [0.1, 0.15) is 13.7 Å². The first-order chi connectivity index (χ1) is 9.31. The normalized spacial score (nSPS) is 18.8. The van der Waals surface area contributed by atoms with Crippen LogP contribution in [-0.4, -0.2) is 19.6 Å². The van der Waals surface area contributed by atoms with E-state index in [9.17, 15) is 4.79 Å². The molecule has 0 N–H and O–H groups in total. The molecule has 0 unspecified atom stereocenters. The van der Waals surface area contributed by atoms with E-state index in [0.29, 0.717) is 0 Å². The lowest BCUT2D eigenvalue weighted by atomic mass is 9.80. The zero-order chi connectivity index (χ0) is 14.8. The van der Waals surface area contributed by atoms with Gasteiger partial charge < -0.3 is 9.15 Å². The summed E-state index contributed by atoms with van der Waals surface area (Å²) in [7, 11) is -1.41. The lowest BCUT2D eigenvalue weighted by Crippen LogP contribution is -2.39. The fourth-order valence-electron chi connectivity index (χ4n) is 3.05. The molecule has 0 aromatic carbocycles. The van der Waals surface area contributed by atoms with Crippen molar-refractivity contribution in [3.63, 3.8) is 0 Å². The summed E-state index contributed by atoms with van der Waals surface area (Å²) < 4.78 is 11.5. The molecule has 0 bridgehead atoms. The van der Waals surface area contributed by atoms with Gasteiger partial charge in [-0.15, -0.1) is 0 Å². The van der Waals surface area contributed by atoms with Crippen LogP contribution in [0, 0.1) is 0 Å². The Hall–Kier alpha value is -1.03. The van der Waals surface area contributed by atoms with Crippen LogP contribution in [0.4, 0.5) is 0 Å². The van der Waals surface area contributed by atoms with Gasteiger partial charge >= 0.3 is 5.97 Å². The second-order valence-electron chi connectivity index (χ2n) is 7.08. The molecule has 1 aliphatic rings. The average Bonchev–Trinajstić information content (AvgIpc) is 2.77. The van der Waals surface area contributed by atoms with Gasteiger partial charge in [0.05, 0.1) is 11.6 Å². The number of hydrogen-bond acceptors (Lipinski definition) is 3. The van der Waals surface area contributed by atoms with Gasteiger partial charge in [-0.05, 0) is 37.3 Å². The van der Waals surface area contributed by atoms with Crippen LogP contribution in [-0.2, 0) is 16.0 Å². The van der Waals surface area contributed by atoms with Crippen LogP contribution >= 0.6 is 0 Å². The van der Waals surface area contributed by atoms with E-state index in [2.05, 4.69) is 25.7 Å². The number of hydrogen-bond donors (Lipinski definition) is 0. The Balaban J connectivity index is 2.15. The van der Waals surface area contributed by atoms with Crippen molar-refractivity contribution in [1.82, 2.24) is 0 Å². The Morgan fingerprint density at radius 2 is 1.95 bits per heavy atom. The molecule has 1 aromatic heterocycles. The summed E-state index contributed by atoms with van der Waals surface area (Å²) in [6, 6.07) is 2.17. The standard InChI is InChI=1S/C16H26O3Si/c1-13(17)19-16(8-6-5-7-9-16)11-14-10-15(18-12-14)20(2,3)4/h10,12H,5-9,11H2,1-4H3. The number of carbonyl (C=O) groups is 1. The number of esters is 1. The first kappa shape index (κ1) is 15.4. The number of ether oxygens (including phenoxy) is 1. The van der Waals surface area contributed by atoms with Crippen LogP contribution in [0.1, 0.15) is 44.6 Å². The molecule has 1 saturated carbocycles. The topological polar surface area (TPSA) is 39.4 Å². The van der Waals surface area contributed by atoms with Crippen LogP contribution in [0.25, 0.3) is 0 Å². The van der Waals surface area contributed by atoms with Crippen LogP contribution in [0.2, 0.25) is 19.6 Å². The minimum absolute atomic E-state index is 0.166. The van der Waals surface area contributed by atoms with Crippen molar-refractivity contribution >= 4 is 19.4 Å². The zero-order valence-corrected chi connectivity index (χ0v) is 14.1. The van der Waals surface area contributed by atoms with Crippen molar-refractivity contribution < 1.29 is 13.9 Å². The molecule has 0 amide bonds. The first-order valence-corrected chi connectivity index (χ1v) is 11.1. The monoisotopic (exact) mass is 294 g/mol. The predicted octanol–water partition coefficient (Wildman–Crippen LogP) is 3.63. The van der Waals surface area contributed by atoms with Gasteiger partial charge in [-0.2, -0.15) is 0 Å². The Morgan fingerprint density at radius 3 is 2.45 bits per heavy atom. The van der Waals surface area contributed by atoms with Gasteiger partial charge in [-0.3, -0.25) is 4.79 Å². The van der Waals surface area contributed by atoms with E-state index in [-0.39, 0.29) is 11.6 Å². The van der Waals surface area contributed by atoms with Crippen molar-refractivity contribution in [2.75, 3.05) is 0 Å². The molecule has 2 rings (SSSR count). The fourth-order valence-corrected chi connectivity index (χ4v) is 4.08. The van der Waals surface area contributed by atoms with Crippen LogP contribution in [0.15, 0.2) is 16.7 Å². The Morgan fingerprint density at radius 1 is 1.30 bits per heavy atom. The molecule has 0 spiro atoms. The quantitative estimate of drug-likeness (QED) is 0.629. The van der Waals surface area contributed by atoms with Crippen molar-refractivity contribution in [2.24, 2.45) is 0 Å². The molecule has 4 heteroatoms. The van der Waals surface area contributed by atoms with Crippen molar-refractivity contribution in [3.05, 3.63) is 17.9 Å². The second-order valence-corrected chi connectivity index (χ2v) is 12.1. The fraction of sp³-hybridized carbons (Fsp3) is 0.688. The molecular formula is C16H26O3Si. The molecule has 20 heavy (non-hydrogen) atoms. The highest BCUT2D eigenvalue weighted by Crippen LogP contribution is 2.35. The van der Waals surface area contributed by atoms with Gasteiger partial charge in [-0.25, -0.2) is 0 Å². The van der Waals surface area contributed by atoms with E-state index in [1.807, 2.05) is 6.26 Å². The smallest absolute Gasteiger partial charge is 0.303 e. The van der Waals surface area contributed by atoms with Gasteiger partial charge in [0.2, 0.25) is 0 Å². The average molecular weight is 294 g/mol. The lowest BCUT2D eigenvalue weighted by molar-refractivity contribution is -0.160. The van der Waals surface area contributed by atoms with E-state index < -0.39 is 8.07 Å². The maximum Gasteiger partial charge on any atom is 0.303 e. The van der Waals surface area contributed by atoms with E-state index in [0.717, 1.165) is 37.5 Å². The first-order valence-electron chi connectivity index (χ1n) is 7.58. The summed E-state index contributed by atoms with van der Waals surface area (Å²) in [5.74, 6) is -0.166. The third kappa shape index (κ3) is 3.75. The van der Waals surface area contributed by atoms with Gasteiger partial charge in [0.25, 0.3) is 0 Å². The maximum atomic E-state index is 11.4. The Labute approximate surface area is 122 Å². The summed E-state index contributed by atoms with van der Waals surface area (Å²) in [5.41, 5.74) is 0.871. The predicted molar refractivity (Wildman–Crippen MR) is 83.0 cm³/mol. The molecular weight excluding hydrogens is 268 g/mol. The van der Waals surface area contributed by atoms with Crippen LogP contribution in [0.3, 0.4) is 0 Å². The molecule has 1 fully saturated rings. The van der Waals surface area contributed by atoms with Crippen LogP contribution in [0.5, 0.6) is 0 Å². The van der Waals surface area contributed by atoms with Gasteiger partial charge in [-0.1, -0.05) is 26.1 Å². The summed E-state index contributed by atoms with van der Waals surface area (Å²) in [6.07, 6.45) is 8.13. The van der Waals surface area contributed by atoms with Gasteiger partial charge in [0.15, 0.2) is 0 Å². The second kappa shape index (κ2) is 5.76. The molecule has 0 radical (unpaired) electrons. The van der Waals surface area contributed by atoms with E-state index in [1.165, 1.54) is 18.9 Å². The van der Waals surface area contributed by atoms with Crippen molar-refractivity contribution in [2.45, 2.75) is 70.7 Å². The minimum Gasteiger partial charge on any atom is -0.474 e. The third-order valence-electron chi connectivity index (χ3n) is 4.04. The summed E-state index contributed by atoms with van der Waals surface area (Å²) in [6.45, 7) is 8.34. The molecule has 112 valence electrons. The Bertz CT molecular complexity index is 464. The summed E-state index contributed by atoms with van der Waals surface area (Å²) in [5, 5.41) is 1.13. The van der Waals surface area contributed by atoms with E-state index in [4.69, 9.17) is 9.15 Å². The molecule has 3 nitrogen and oxygen atoms in total. The minimum atomic E-state index is -1.41. The summed E-state index contributed by atoms with van der Waals surface area (Å²) >= 11 is 0. The highest BCUT2D eigenvalue weighted by atomic mass is 28.3. The number of rotatable bonds is 4. The highest BCUT2D eigenvalue weighted by Gasteiger charge is 2.36. The van der Waals surface area contributed by atoms with E-state index >= 15 is 0 Å². The van der Waals surface area contributed by atoms with E-state index in [1.54, 1.807) is 0 Å². The van der Waals surface area contributed by atoms with Gasteiger partial charge in [0, 0.05) is 13.3 Å². The molecule has 1 aliphatic carbocycles. The highest BCUT2D eigenvalue weighted by molar-refractivity contribution is 6.87. The Kier molecular flexibility index (Phi) is 4.42. The zero-order valence-electron chi connectivity index (χ0n) is 13.1. The number of carbonyl (C=O) groups excluding carboxylic acids is 1. The third-order valence-corrected chi connectivity index (χ3v) is 5.78. The molecule has 0 saturated heterocycles. The van der Waals surface area contributed by atoms with Crippen molar-refractivity contribution in [3.8, 4) is 0 Å². The molecule has 0 atom stereocenters. The van der Waals surface area contributed by atoms with Crippen molar-refractivity contribution in [1.29, 1.82) is 0 Å². The maximum absolute atomic E-state index is 11.4. The number of furan rings is 1. The lowest BCUT2D eigenvalue weighted by Gasteiger charge is -2.36.